The number of carbonyl (C=O) groups excluding carboxylic acids is 2. The summed E-state index contributed by atoms with van der Waals surface area (Å²) in [4.78, 5) is 25.5. The molecule has 1 amide bonds. The number of ether oxygens (including phenoxy) is 2. The second kappa shape index (κ2) is 8.26. The molecule has 1 aromatic rings. The predicted octanol–water partition coefficient (Wildman–Crippen LogP) is 2.64. The highest BCUT2D eigenvalue weighted by Gasteiger charge is 2.26. The topological polar surface area (TPSA) is 55.8 Å². The summed E-state index contributed by atoms with van der Waals surface area (Å²) in [6.45, 7) is 4.63. The van der Waals surface area contributed by atoms with Crippen molar-refractivity contribution in [3.05, 3.63) is 40.4 Å². The Hall–Kier alpha value is -1.66. The number of rotatable bonds is 4. The lowest BCUT2D eigenvalue weighted by atomic mass is 10.2. The fraction of sp³-hybridized carbons (Fsp3) is 0.412. The molecule has 0 bridgehead atoms. The quantitative estimate of drug-likeness (QED) is 0.594. The Bertz CT molecular complexity index is 592. The van der Waals surface area contributed by atoms with Crippen molar-refractivity contribution in [3.8, 4) is 0 Å². The molecule has 0 radical (unpaired) electrons. The molecule has 0 N–H and O–H groups in total. The van der Waals surface area contributed by atoms with Crippen molar-refractivity contribution in [1.29, 1.82) is 0 Å². The molecule has 1 fully saturated rings. The van der Waals surface area contributed by atoms with Gasteiger partial charge in [0.15, 0.2) is 6.61 Å². The van der Waals surface area contributed by atoms with Gasteiger partial charge in [-0.15, -0.1) is 0 Å². The van der Waals surface area contributed by atoms with Gasteiger partial charge in [-0.05, 0) is 31.6 Å². The standard InChI is InChI=1S/C17H20BrNO4/c1-12-9-19(10-13(2)23-12)16(20)11-22-17(21)8-7-14-5-3-4-6-15(14)18/h3-8,12-13H,9-11H2,1-2H3/b8-7+/t12-,13+. The predicted molar refractivity (Wildman–Crippen MR) is 90.7 cm³/mol. The first-order chi connectivity index (χ1) is 11.0. The van der Waals surface area contributed by atoms with Crippen LogP contribution in [-0.4, -0.2) is 48.7 Å². The molecule has 2 atom stereocenters. The van der Waals surface area contributed by atoms with Crippen LogP contribution in [0.3, 0.4) is 0 Å². The van der Waals surface area contributed by atoms with E-state index in [4.69, 9.17) is 9.47 Å². The van der Waals surface area contributed by atoms with Crippen LogP contribution in [0.2, 0.25) is 0 Å². The molecule has 0 unspecified atom stereocenters. The zero-order valence-corrected chi connectivity index (χ0v) is 14.8. The lowest BCUT2D eigenvalue weighted by Gasteiger charge is -2.35. The van der Waals surface area contributed by atoms with Crippen molar-refractivity contribution in [2.45, 2.75) is 26.1 Å². The first-order valence-corrected chi connectivity index (χ1v) is 8.27. The molecule has 6 heteroatoms. The second-order valence-electron chi connectivity index (χ2n) is 5.52. The first-order valence-electron chi connectivity index (χ1n) is 7.48. The lowest BCUT2D eigenvalue weighted by Crippen LogP contribution is -2.49. The highest BCUT2D eigenvalue weighted by atomic mass is 79.9. The maximum absolute atomic E-state index is 12.1. The first kappa shape index (κ1) is 17.7. The average Bonchev–Trinajstić information content (AvgIpc) is 2.51. The Labute approximate surface area is 144 Å². The van der Waals surface area contributed by atoms with Gasteiger partial charge in [0.25, 0.3) is 5.91 Å². The van der Waals surface area contributed by atoms with Crippen LogP contribution >= 0.6 is 15.9 Å². The summed E-state index contributed by atoms with van der Waals surface area (Å²) in [6.07, 6.45) is 2.95. The summed E-state index contributed by atoms with van der Waals surface area (Å²) in [7, 11) is 0. The highest BCUT2D eigenvalue weighted by Crippen LogP contribution is 2.17. The number of hydrogen-bond acceptors (Lipinski definition) is 4. The van der Waals surface area contributed by atoms with Crippen molar-refractivity contribution in [1.82, 2.24) is 4.90 Å². The van der Waals surface area contributed by atoms with E-state index in [1.165, 1.54) is 6.08 Å². The van der Waals surface area contributed by atoms with Gasteiger partial charge < -0.3 is 14.4 Å². The number of amides is 1. The summed E-state index contributed by atoms with van der Waals surface area (Å²) in [5, 5.41) is 0. The Morgan fingerprint density at radius 1 is 1.30 bits per heavy atom. The Morgan fingerprint density at radius 3 is 2.61 bits per heavy atom. The Balaban J connectivity index is 1.82. The smallest absolute Gasteiger partial charge is 0.331 e. The van der Waals surface area contributed by atoms with E-state index in [2.05, 4.69) is 15.9 Å². The largest absolute Gasteiger partial charge is 0.452 e. The van der Waals surface area contributed by atoms with Crippen LogP contribution in [0.15, 0.2) is 34.8 Å². The molecule has 1 aromatic carbocycles. The fourth-order valence-corrected chi connectivity index (χ4v) is 2.84. The van der Waals surface area contributed by atoms with Gasteiger partial charge in [-0.25, -0.2) is 4.79 Å². The zero-order chi connectivity index (χ0) is 16.8. The van der Waals surface area contributed by atoms with Gasteiger partial charge in [0.2, 0.25) is 0 Å². The minimum Gasteiger partial charge on any atom is -0.452 e. The molecular formula is C17H20BrNO4. The van der Waals surface area contributed by atoms with Gasteiger partial charge in [-0.1, -0.05) is 34.1 Å². The number of hydrogen-bond donors (Lipinski definition) is 0. The zero-order valence-electron chi connectivity index (χ0n) is 13.2. The molecule has 0 aromatic heterocycles. The molecule has 0 aliphatic carbocycles. The van der Waals surface area contributed by atoms with Gasteiger partial charge in [-0.2, -0.15) is 0 Å². The van der Waals surface area contributed by atoms with E-state index in [-0.39, 0.29) is 24.7 Å². The van der Waals surface area contributed by atoms with Crippen LogP contribution in [-0.2, 0) is 19.1 Å². The van der Waals surface area contributed by atoms with Gasteiger partial charge >= 0.3 is 5.97 Å². The monoisotopic (exact) mass is 381 g/mol. The number of benzene rings is 1. The SMILES string of the molecule is C[C@@H]1CN(C(=O)COC(=O)/C=C/c2ccccc2Br)C[C@H](C)O1. The third kappa shape index (κ3) is 5.48. The summed E-state index contributed by atoms with van der Waals surface area (Å²) < 4.78 is 11.5. The molecule has 23 heavy (non-hydrogen) atoms. The Morgan fingerprint density at radius 2 is 1.96 bits per heavy atom. The number of morpholine rings is 1. The van der Waals surface area contributed by atoms with Crippen LogP contribution < -0.4 is 0 Å². The summed E-state index contributed by atoms with van der Waals surface area (Å²) in [5.41, 5.74) is 0.867. The maximum atomic E-state index is 12.1. The van der Waals surface area contributed by atoms with Crippen LogP contribution in [0.25, 0.3) is 6.08 Å². The molecule has 1 aliphatic heterocycles. The van der Waals surface area contributed by atoms with E-state index >= 15 is 0 Å². The molecule has 124 valence electrons. The van der Waals surface area contributed by atoms with Crippen molar-refractivity contribution in [3.63, 3.8) is 0 Å². The minimum atomic E-state index is -0.538. The van der Waals surface area contributed by atoms with Crippen molar-refractivity contribution in [2.24, 2.45) is 0 Å². The average molecular weight is 382 g/mol. The van der Waals surface area contributed by atoms with E-state index in [0.717, 1.165) is 10.0 Å². The van der Waals surface area contributed by atoms with E-state index in [1.54, 1.807) is 11.0 Å². The van der Waals surface area contributed by atoms with E-state index in [9.17, 15) is 9.59 Å². The molecule has 0 spiro atoms. The Kier molecular flexibility index (Phi) is 6.36. The van der Waals surface area contributed by atoms with Gasteiger partial charge in [0.1, 0.15) is 0 Å². The molecule has 5 nitrogen and oxygen atoms in total. The van der Waals surface area contributed by atoms with Crippen LogP contribution in [0, 0.1) is 0 Å². The molecule has 2 rings (SSSR count). The van der Waals surface area contributed by atoms with Gasteiger partial charge in [0.05, 0.1) is 12.2 Å². The molecule has 1 aliphatic rings. The normalized spacial score (nSPS) is 21.4. The summed E-state index contributed by atoms with van der Waals surface area (Å²) in [5.74, 6) is -0.738. The van der Waals surface area contributed by atoms with Crippen molar-refractivity contribution < 1.29 is 19.1 Å². The highest BCUT2D eigenvalue weighted by molar-refractivity contribution is 9.10. The fourth-order valence-electron chi connectivity index (χ4n) is 2.42. The number of esters is 1. The van der Waals surface area contributed by atoms with Gasteiger partial charge in [0, 0.05) is 23.6 Å². The third-order valence-electron chi connectivity index (χ3n) is 3.41. The molecular weight excluding hydrogens is 362 g/mol. The number of carbonyl (C=O) groups is 2. The van der Waals surface area contributed by atoms with E-state index in [1.807, 2.05) is 38.1 Å². The third-order valence-corrected chi connectivity index (χ3v) is 4.14. The summed E-state index contributed by atoms with van der Waals surface area (Å²) >= 11 is 3.40. The second-order valence-corrected chi connectivity index (χ2v) is 6.37. The summed E-state index contributed by atoms with van der Waals surface area (Å²) in [6, 6.07) is 7.52. The van der Waals surface area contributed by atoms with Crippen LogP contribution in [0.4, 0.5) is 0 Å². The van der Waals surface area contributed by atoms with Crippen molar-refractivity contribution in [2.75, 3.05) is 19.7 Å². The van der Waals surface area contributed by atoms with Crippen molar-refractivity contribution >= 4 is 33.9 Å². The lowest BCUT2D eigenvalue weighted by molar-refractivity contribution is -0.154. The van der Waals surface area contributed by atoms with Gasteiger partial charge in [-0.3, -0.25) is 4.79 Å². The number of halogens is 1. The van der Waals surface area contributed by atoms with E-state index in [0.29, 0.717) is 13.1 Å². The van der Waals surface area contributed by atoms with Crippen LogP contribution in [0.1, 0.15) is 19.4 Å². The number of nitrogens with zero attached hydrogens (tertiary/aromatic N) is 1. The maximum Gasteiger partial charge on any atom is 0.331 e. The molecule has 1 heterocycles. The molecule has 0 saturated carbocycles. The molecule has 1 saturated heterocycles. The van der Waals surface area contributed by atoms with E-state index < -0.39 is 5.97 Å². The van der Waals surface area contributed by atoms with Crippen LogP contribution in [0.5, 0.6) is 0 Å². The minimum absolute atomic E-state index is 0.00581.